The summed E-state index contributed by atoms with van der Waals surface area (Å²) in [6.45, 7) is 5.44. The number of ether oxygens (including phenoxy) is 2. The molecule has 0 spiro atoms. The smallest absolute Gasteiger partial charge is 0.410 e. The van der Waals surface area contributed by atoms with Crippen molar-refractivity contribution in [2.24, 2.45) is 0 Å². The number of nitro benzene ring substituents is 1. The van der Waals surface area contributed by atoms with E-state index >= 15 is 0 Å². The molecule has 1 aromatic rings. The van der Waals surface area contributed by atoms with Gasteiger partial charge >= 0.3 is 11.8 Å². The first-order valence-corrected chi connectivity index (χ1v) is 8.63. The average Bonchev–Trinajstić information content (AvgIpc) is 2.53. The standard InChI is InChI=1S/C18H25FN2O5/c1-18(2,3)26-17(22)20(4)13-6-8-14(9-7-13)25-16-11-12(19)5-10-15(16)21(23)24/h5,10-11,13-14H,6-9H2,1-4H3/t13-,14+. The molecule has 1 aromatic carbocycles. The highest BCUT2D eigenvalue weighted by Gasteiger charge is 2.31. The molecule has 0 saturated heterocycles. The van der Waals surface area contributed by atoms with Crippen LogP contribution in [-0.4, -0.2) is 40.7 Å². The van der Waals surface area contributed by atoms with Gasteiger partial charge in [0, 0.05) is 25.2 Å². The van der Waals surface area contributed by atoms with Crippen molar-refractivity contribution in [1.29, 1.82) is 0 Å². The van der Waals surface area contributed by atoms with Gasteiger partial charge in [-0.05, 0) is 52.5 Å². The fourth-order valence-corrected chi connectivity index (χ4v) is 2.95. The van der Waals surface area contributed by atoms with Gasteiger partial charge in [-0.1, -0.05) is 0 Å². The van der Waals surface area contributed by atoms with Gasteiger partial charge in [0.15, 0.2) is 5.75 Å². The van der Waals surface area contributed by atoms with Crippen LogP contribution < -0.4 is 4.74 Å². The summed E-state index contributed by atoms with van der Waals surface area (Å²) in [6, 6.07) is 3.20. The van der Waals surface area contributed by atoms with Gasteiger partial charge in [0.1, 0.15) is 11.4 Å². The second-order valence-electron chi connectivity index (χ2n) is 7.51. The first-order valence-electron chi connectivity index (χ1n) is 8.63. The molecule has 144 valence electrons. The highest BCUT2D eigenvalue weighted by molar-refractivity contribution is 5.68. The minimum Gasteiger partial charge on any atom is -0.483 e. The number of rotatable bonds is 4. The van der Waals surface area contributed by atoms with Crippen LogP contribution >= 0.6 is 0 Å². The predicted octanol–water partition coefficient (Wildman–Crippen LogP) is 4.29. The van der Waals surface area contributed by atoms with Gasteiger partial charge in [0.25, 0.3) is 0 Å². The molecule has 1 fully saturated rings. The number of hydrogen-bond donors (Lipinski definition) is 0. The van der Waals surface area contributed by atoms with Gasteiger partial charge in [-0.3, -0.25) is 10.1 Å². The molecule has 1 aliphatic carbocycles. The van der Waals surface area contributed by atoms with E-state index in [0.717, 1.165) is 18.2 Å². The summed E-state index contributed by atoms with van der Waals surface area (Å²) in [5.41, 5.74) is -0.804. The van der Waals surface area contributed by atoms with Crippen LogP contribution in [-0.2, 0) is 4.74 Å². The molecular formula is C18H25FN2O5. The summed E-state index contributed by atoms with van der Waals surface area (Å²) in [7, 11) is 1.71. The number of carbonyl (C=O) groups is 1. The number of carbonyl (C=O) groups excluding carboxylic acids is 1. The lowest BCUT2D eigenvalue weighted by Gasteiger charge is -2.35. The lowest BCUT2D eigenvalue weighted by atomic mass is 9.92. The summed E-state index contributed by atoms with van der Waals surface area (Å²) in [6.07, 6.45) is 1.98. The summed E-state index contributed by atoms with van der Waals surface area (Å²) in [4.78, 5) is 24.2. The molecule has 0 radical (unpaired) electrons. The molecule has 2 rings (SSSR count). The summed E-state index contributed by atoms with van der Waals surface area (Å²) in [5.74, 6) is -0.636. The Morgan fingerprint density at radius 2 is 1.88 bits per heavy atom. The maximum atomic E-state index is 13.4. The molecule has 0 unspecified atom stereocenters. The topological polar surface area (TPSA) is 81.9 Å². The molecule has 8 heteroatoms. The third-order valence-corrected chi connectivity index (χ3v) is 4.29. The third-order valence-electron chi connectivity index (χ3n) is 4.29. The van der Waals surface area contributed by atoms with E-state index in [4.69, 9.17) is 9.47 Å². The van der Waals surface area contributed by atoms with Gasteiger partial charge in [-0.25, -0.2) is 9.18 Å². The van der Waals surface area contributed by atoms with E-state index in [9.17, 15) is 19.3 Å². The Kier molecular flexibility index (Phi) is 6.05. The largest absolute Gasteiger partial charge is 0.483 e. The fraction of sp³-hybridized carbons (Fsp3) is 0.611. The molecule has 1 amide bonds. The number of hydrogen-bond acceptors (Lipinski definition) is 5. The van der Waals surface area contributed by atoms with E-state index in [1.165, 1.54) is 0 Å². The van der Waals surface area contributed by atoms with Crippen LogP contribution in [0.25, 0.3) is 0 Å². The van der Waals surface area contributed by atoms with Crippen LogP contribution in [0.1, 0.15) is 46.5 Å². The van der Waals surface area contributed by atoms with Crippen molar-refractivity contribution in [1.82, 2.24) is 4.90 Å². The Hall–Kier alpha value is -2.38. The Morgan fingerprint density at radius 1 is 1.27 bits per heavy atom. The molecule has 0 aromatic heterocycles. The average molecular weight is 368 g/mol. The zero-order chi connectivity index (χ0) is 19.5. The van der Waals surface area contributed by atoms with Crippen LogP contribution in [0, 0.1) is 15.9 Å². The van der Waals surface area contributed by atoms with Gasteiger partial charge in [0.05, 0.1) is 11.0 Å². The van der Waals surface area contributed by atoms with E-state index < -0.39 is 16.3 Å². The van der Waals surface area contributed by atoms with Gasteiger partial charge < -0.3 is 14.4 Å². The van der Waals surface area contributed by atoms with Crippen LogP contribution in [0.2, 0.25) is 0 Å². The lowest BCUT2D eigenvalue weighted by Crippen LogP contribution is -2.43. The number of halogens is 1. The first-order chi connectivity index (χ1) is 12.1. The van der Waals surface area contributed by atoms with Gasteiger partial charge in [-0.2, -0.15) is 0 Å². The summed E-state index contributed by atoms with van der Waals surface area (Å²) < 4.78 is 24.4. The highest BCUT2D eigenvalue weighted by Crippen LogP contribution is 2.32. The molecular weight excluding hydrogens is 343 g/mol. The number of nitrogens with zero attached hydrogens (tertiary/aromatic N) is 2. The molecule has 1 saturated carbocycles. The zero-order valence-corrected chi connectivity index (χ0v) is 15.5. The van der Waals surface area contributed by atoms with E-state index in [1.54, 1.807) is 11.9 Å². The normalized spacial score (nSPS) is 20.3. The van der Waals surface area contributed by atoms with Gasteiger partial charge in [0.2, 0.25) is 0 Å². The molecule has 26 heavy (non-hydrogen) atoms. The minimum atomic E-state index is -0.587. The van der Waals surface area contributed by atoms with E-state index in [0.29, 0.717) is 25.7 Å². The van der Waals surface area contributed by atoms with Crippen LogP contribution in [0.3, 0.4) is 0 Å². The third kappa shape index (κ3) is 5.31. The van der Waals surface area contributed by atoms with Crippen molar-refractivity contribution in [3.8, 4) is 5.75 Å². The van der Waals surface area contributed by atoms with Crippen LogP contribution in [0.5, 0.6) is 5.75 Å². The minimum absolute atomic E-state index is 0.0206. The van der Waals surface area contributed by atoms with Crippen LogP contribution in [0.15, 0.2) is 18.2 Å². The van der Waals surface area contributed by atoms with E-state index in [-0.39, 0.29) is 29.7 Å². The Balaban J connectivity index is 1.94. The first kappa shape index (κ1) is 19.9. The lowest BCUT2D eigenvalue weighted by molar-refractivity contribution is -0.386. The summed E-state index contributed by atoms with van der Waals surface area (Å²) in [5, 5.41) is 11.1. The monoisotopic (exact) mass is 368 g/mol. The fourth-order valence-electron chi connectivity index (χ4n) is 2.95. The predicted molar refractivity (Wildman–Crippen MR) is 93.7 cm³/mol. The molecule has 0 heterocycles. The van der Waals surface area contributed by atoms with Crippen molar-refractivity contribution in [3.63, 3.8) is 0 Å². The zero-order valence-electron chi connectivity index (χ0n) is 15.5. The molecule has 7 nitrogen and oxygen atoms in total. The van der Waals surface area contributed by atoms with Crippen molar-refractivity contribution >= 4 is 11.8 Å². The molecule has 0 aliphatic heterocycles. The molecule has 0 N–H and O–H groups in total. The van der Waals surface area contributed by atoms with Crippen molar-refractivity contribution < 1.29 is 23.6 Å². The van der Waals surface area contributed by atoms with E-state index in [2.05, 4.69) is 0 Å². The Morgan fingerprint density at radius 3 is 2.42 bits per heavy atom. The second-order valence-corrected chi connectivity index (χ2v) is 7.51. The highest BCUT2D eigenvalue weighted by atomic mass is 19.1. The maximum Gasteiger partial charge on any atom is 0.410 e. The molecule has 0 bridgehead atoms. The van der Waals surface area contributed by atoms with E-state index in [1.807, 2.05) is 20.8 Å². The summed E-state index contributed by atoms with van der Waals surface area (Å²) >= 11 is 0. The maximum absolute atomic E-state index is 13.4. The Labute approximate surface area is 152 Å². The molecule has 1 aliphatic rings. The number of nitro groups is 1. The Bertz CT molecular complexity index is 666. The quantitative estimate of drug-likeness (QED) is 0.585. The van der Waals surface area contributed by atoms with Crippen molar-refractivity contribution in [3.05, 3.63) is 34.1 Å². The van der Waals surface area contributed by atoms with Crippen molar-refractivity contribution in [2.75, 3.05) is 7.05 Å². The van der Waals surface area contributed by atoms with Gasteiger partial charge in [-0.15, -0.1) is 0 Å². The number of benzene rings is 1. The van der Waals surface area contributed by atoms with Crippen LogP contribution in [0.4, 0.5) is 14.9 Å². The second kappa shape index (κ2) is 7.88. The van der Waals surface area contributed by atoms with Crippen molar-refractivity contribution in [2.45, 2.75) is 64.2 Å². The SMILES string of the molecule is CN(C(=O)OC(C)(C)C)[C@H]1CC[C@@H](Oc2cc(F)ccc2[N+](=O)[O-])CC1. The number of amides is 1. The molecule has 0 atom stereocenters.